The Morgan fingerprint density at radius 3 is 2.55 bits per heavy atom. The minimum absolute atomic E-state index is 0.136. The summed E-state index contributed by atoms with van der Waals surface area (Å²) in [4.78, 5) is 14.8. The summed E-state index contributed by atoms with van der Waals surface area (Å²) in [6, 6.07) is 4.74. The van der Waals surface area contributed by atoms with Crippen LogP contribution in [0, 0.1) is 6.92 Å². The molecule has 0 spiro atoms. The van der Waals surface area contributed by atoms with Crippen LogP contribution >= 0.6 is 11.3 Å². The van der Waals surface area contributed by atoms with Crippen molar-refractivity contribution in [2.24, 2.45) is 0 Å². The Kier molecular flexibility index (Phi) is 5.61. The molecular formula is C16H26N2OS. The van der Waals surface area contributed by atoms with Gasteiger partial charge in [-0.3, -0.25) is 10.1 Å². The number of thiophene rings is 1. The van der Waals surface area contributed by atoms with Gasteiger partial charge in [0.1, 0.15) is 0 Å². The summed E-state index contributed by atoms with van der Waals surface area (Å²) >= 11 is 1.79. The van der Waals surface area contributed by atoms with Gasteiger partial charge in [0.25, 0.3) is 0 Å². The molecule has 1 aromatic heterocycles. The molecule has 1 aliphatic carbocycles. The van der Waals surface area contributed by atoms with Gasteiger partial charge in [-0.2, -0.15) is 0 Å². The molecule has 2 atom stereocenters. The van der Waals surface area contributed by atoms with Crippen molar-refractivity contribution < 1.29 is 4.79 Å². The molecular weight excluding hydrogens is 268 g/mol. The van der Waals surface area contributed by atoms with Crippen LogP contribution in [-0.2, 0) is 4.79 Å². The Labute approximate surface area is 126 Å². The number of hydrogen-bond donors (Lipinski definition) is 2. The topological polar surface area (TPSA) is 41.1 Å². The molecule has 0 aliphatic heterocycles. The third kappa shape index (κ3) is 4.32. The smallest absolute Gasteiger partial charge is 0.237 e. The van der Waals surface area contributed by atoms with Crippen LogP contribution in [0.15, 0.2) is 12.1 Å². The molecule has 0 saturated heterocycles. The highest BCUT2D eigenvalue weighted by Crippen LogP contribution is 2.22. The Hall–Kier alpha value is -0.870. The van der Waals surface area contributed by atoms with Crippen molar-refractivity contribution in [2.75, 3.05) is 0 Å². The molecule has 1 aromatic rings. The van der Waals surface area contributed by atoms with Crippen molar-refractivity contribution in [3.8, 4) is 0 Å². The van der Waals surface area contributed by atoms with E-state index in [1.807, 2.05) is 6.92 Å². The molecule has 2 rings (SSSR count). The number of rotatable bonds is 5. The SMILES string of the molecule is Cc1ccc(C(C)NC(C)C(=O)NC2CCCCC2)s1. The first kappa shape index (κ1) is 15.5. The van der Waals surface area contributed by atoms with Gasteiger partial charge in [-0.15, -0.1) is 11.3 Å². The average molecular weight is 294 g/mol. The largest absolute Gasteiger partial charge is 0.352 e. The van der Waals surface area contributed by atoms with E-state index in [1.165, 1.54) is 29.0 Å². The lowest BCUT2D eigenvalue weighted by molar-refractivity contribution is -0.123. The molecule has 0 bridgehead atoms. The van der Waals surface area contributed by atoms with Crippen LogP contribution in [0.2, 0.25) is 0 Å². The van der Waals surface area contributed by atoms with Crippen molar-refractivity contribution in [1.29, 1.82) is 0 Å². The molecule has 2 unspecified atom stereocenters. The molecule has 1 aliphatic rings. The van der Waals surface area contributed by atoms with Gasteiger partial charge in [0.05, 0.1) is 6.04 Å². The molecule has 3 nitrogen and oxygen atoms in total. The first-order chi connectivity index (χ1) is 9.56. The lowest BCUT2D eigenvalue weighted by Crippen LogP contribution is -2.47. The second kappa shape index (κ2) is 7.23. The standard InChI is InChI=1S/C16H26N2OS/c1-11-9-10-15(20-11)12(2)17-13(3)16(19)18-14-7-5-4-6-8-14/h9-10,12-14,17H,4-8H2,1-3H3,(H,18,19). The number of amides is 1. The van der Waals surface area contributed by atoms with Crippen LogP contribution in [0.1, 0.15) is 61.7 Å². The zero-order valence-electron chi connectivity index (χ0n) is 12.7. The summed E-state index contributed by atoms with van der Waals surface area (Å²) in [5, 5.41) is 6.58. The molecule has 4 heteroatoms. The molecule has 1 fully saturated rings. The van der Waals surface area contributed by atoms with E-state index in [4.69, 9.17) is 0 Å². The van der Waals surface area contributed by atoms with Crippen molar-refractivity contribution in [1.82, 2.24) is 10.6 Å². The van der Waals surface area contributed by atoms with Gasteiger partial charge in [-0.25, -0.2) is 0 Å². The first-order valence-electron chi connectivity index (χ1n) is 7.69. The Morgan fingerprint density at radius 1 is 1.25 bits per heavy atom. The number of carbonyl (C=O) groups is 1. The Bertz CT molecular complexity index is 437. The molecule has 0 aromatic carbocycles. The summed E-state index contributed by atoms with van der Waals surface area (Å²) in [5.41, 5.74) is 0. The molecule has 2 N–H and O–H groups in total. The zero-order chi connectivity index (χ0) is 14.5. The summed E-state index contributed by atoms with van der Waals surface area (Å²) < 4.78 is 0. The fourth-order valence-corrected chi connectivity index (χ4v) is 3.68. The zero-order valence-corrected chi connectivity index (χ0v) is 13.6. The van der Waals surface area contributed by atoms with E-state index in [0.717, 1.165) is 12.8 Å². The molecule has 1 heterocycles. The Morgan fingerprint density at radius 2 is 1.95 bits per heavy atom. The highest BCUT2D eigenvalue weighted by molar-refractivity contribution is 7.12. The van der Waals surface area contributed by atoms with Crippen LogP contribution in [0.3, 0.4) is 0 Å². The fourth-order valence-electron chi connectivity index (χ4n) is 2.79. The predicted molar refractivity (Wildman–Crippen MR) is 85.1 cm³/mol. The van der Waals surface area contributed by atoms with Crippen LogP contribution in [0.4, 0.5) is 0 Å². The van der Waals surface area contributed by atoms with E-state index in [1.54, 1.807) is 11.3 Å². The maximum absolute atomic E-state index is 12.2. The van der Waals surface area contributed by atoms with Crippen molar-refractivity contribution in [3.63, 3.8) is 0 Å². The quantitative estimate of drug-likeness (QED) is 0.872. The minimum atomic E-state index is -0.144. The van der Waals surface area contributed by atoms with Crippen LogP contribution in [0.5, 0.6) is 0 Å². The minimum Gasteiger partial charge on any atom is -0.352 e. The second-order valence-electron chi connectivity index (χ2n) is 5.90. The number of carbonyl (C=O) groups excluding carboxylic acids is 1. The maximum atomic E-state index is 12.2. The summed E-state index contributed by atoms with van der Waals surface area (Å²) in [6.45, 7) is 6.19. The molecule has 112 valence electrons. The van der Waals surface area contributed by atoms with E-state index in [9.17, 15) is 4.79 Å². The van der Waals surface area contributed by atoms with Gasteiger partial charge in [0.2, 0.25) is 5.91 Å². The third-order valence-electron chi connectivity index (χ3n) is 4.03. The third-order valence-corrected chi connectivity index (χ3v) is 5.22. The van der Waals surface area contributed by atoms with Gasteiger partial charge in [0, 0.05) is 21.8 Å². The monoisotopic (exact) mass is 294 g/mol. The fraction of sp³-hybridized carbons (Fsp3) is 0.688. The van der Waals surface area contributed by atoms with Crippen LogP contribution < -0.4 is 10.6 Å². The highest BCUT2D eigenvalue weighted by Gasteiger charge is 2.21. The molecule has 0 radical (unpaired) electrons. The van der Waals surface area contributed by atoms with Gasteiger partial charge in [0.15, 0.2) is 0 Å². The van der Waals surface area contributed by atoms with Gasteiger partial charge < -0.3 is 5.32 Å². The van der Waals surface area contributed by atoms with Gasteiger partial charge in [-0.1, -0.05) is 19.3 Å². The van der Waals surface area contributed by atoms with Crippen molar-refractivity contribution in [3.05, 3.63) is 21.9 Å². The lowest BCUT2D eigenvalue weighted by atomic mass is 9.95. The first-order valence-corrected chi connectivity index (χ1v) is 8.50. The van der Waals surface area contributed by atoms with Crippen molar-refractivity contribution in [2.45, 2.75) is 71.0 Å². The van der Waals surface area contributed by atoms with E-state index in [0.29, 0.717) is 6.04 Å². The predicted octanol–water partition coefficient (Wildman–Crippen LogP) is 3.54. The summed E-state index contributed by atoms with van der Waals surface area (Å²) in [6.07, 6.45) is 6.08. The van der Waals surface area contributed by atoms with E-state index >= 15 is 0 Å². The normalized spacial score (nSPS) is 19.6. The molecule has 1 amide bonds. The second-order valence-corrected chi connectivity index (χ2v) is 7.22. The van der Waals surface area contributed by atoms with E-state index in [2.05, 4.69) is 36.6 Å². The van der Waals surface area contributed by atoms with Crippen LogP contribution in [0.25, 0.3) is 0 Å². The van der Waals surface area contributed by atoms with E-state index in [-0.39, 0.29) is 18.0 Å². The van der Waals surface area contributed by atoms with Gasteiger partial charge in [-0.05, 0) is 45.7 Å². The summed E-state index contributed by atoms with van der Waals surface area (Å²) in [7, 11) is 0. The number of hydrogen-bond acceptors (Lipinski definition) is 3. The molecule has 1 saturated carbocycles. The lowest BCUT2D eigenvalue weighted by Gasteiger charge is -2.25. The Balaban J connectivity index is 1.80. The van der Waals surface area contributed by atoms with Crippen LogP contribution in [-0.4, -0.2) is 18.0 Å². The maximum Gasteiger partial charge on any atom is 0.237 e. The highest BCUT2D eigenvalue weighted by atomic mass is 32.1. The molecule has 20 heavy (non-hydrogen) atoms. The number of aryl methyl sites for hydroxylation is 1. The summed E-state index contributed by atoms with van der Waals surface area (Å²) in [5.74, 6) is 0.136. The van der Waals surface area contributed by atoms with Gasteiger partial charge >= 0.3 is 0 Å². The average Bonchev–Trinajstić information content (AvgIpc) is 2.86. The van der Waals surface area contributed by atoms with E-state index < -0.39 is 0 Å². The van der Waals surface area contributed by atoms with Crippen molar-refractivity contribution >= 4 is 17.2 Å². The number of nitrogens with one attached hydrogen (secondary N) is 2.